The first-order chi connectivity index (χ1) is 14.2. The molecule has 1 aliphatic heterocycles. The van der Waals surface area contributed by atoms with Crippen LogP contribution >= 0.6 is 0 Å². The van der Waals surface area contributed by atoms with Gasteiger partial charge in [0.1, 0.15) is 11.5 Å². The molecule has 0 unspecified atom stereocenters. The Balaban J connectivity index is 1.36. The predicted molar refractivity (Wildman–Crippen MR) is 117 cm³/mol. The van der Waals surface area contributed by atoms with Crippen molar-refractivity contribution in [2.45, 2.75) is 26.2 Å². The van der Waals surface area contributed by atoms with Crippen LogP contribution in [0.25, 0.3) is 0 Å². The van der Waals surface area contributed by atoms with Crippen LogP contribution in [-0.4, -0.2) is 29.0 Å². The van der Waals surface area contributed by atoms with Crippen molar-refractivity contribution < 1.29 is 4.79 Å². The van der Waals surface area contributed by atoms with Crippen molar-refractivity contribution in [1.29, 1.82) is 0 Å². The fourth-order valence-electron chi connectivity index (χ4n) is 3.41. The number of hydrogen-bond donors (Lipinski definition) is 2. The quantitative estimate of drug-likeness (QED) is 0.645. The van der Waals surface area contributed by atoms with Crippen molar-refractivity contribution >= 4 is 28.8 Å². The minimum absolute atomic E-state index is 0.273. The normalized spacial score (nSPS) is 13.3. The van der Waals surface area contributed by atoms with Crippen LogP contribution in [0, 0.1) is 0 Å². The molecule has 6 heteroatoms. The lowest BCUT2D eigenvalue weighted by atomic mass is 10.1. The average Bonchev–Trinajstić information content (AvgIpc) is 3.30. The van der Waals surface area contributed by atoms with E-state index < -0.39 is 0 Å². The molecular formula is C23H25N5O. The van der Waals surface area contributed by atoms with E-state index in [0.717, 1.165) is 30.9 Å². The Hall–Kier alpha value is -3.41. The minimum atomic E-state index is -0.273. The minimum Gasteiger partial charge on any atom is -0.372 e. The van der Waals surface area contributed by atoms with Gasteiger partial charge < -0.3 is 15.5 Å². The zero-order valence-electron chi connectivity index (χ0n) is 16.6. The zero-order chi connectivity index (χ0) is 20.1. The summed E-state index contributed by atoms with van der Waals surface area (Å²) in [5.74, 6) is 0.325. The van der Waals surface area contributed by atoms with Crippen LogP contribution in [0.3, 0.4) is 0 Å². The standard InChI is InChI=1S/C23H25N5O/c1-2-17-5-7-18(8-6-17)26-22-16-24-21(15-25-22)23(29)27-19-9-11-20(12-10-19)28-13-3-4-14-28/h5-12,15-16H,2-4,13-14H2,1H3,(H,25,26)(H,27,29). The number of nitrogens with zero attached hydrogens (tertiary/aromatic N) is 3. The molecule has 4 rings (SSSR count). The largest absolute Gasteiger partial charge is 0.372 e. The molecule has 2 N–H and O–H groups in total. The number of nitrogens with one attached hydrogen (secondary N) is 2. The predicted octanol–water partition coefficient (Wildman–Crippen LogP) is 4.64. The van der Waals surface area contributed by atoms with Crippen LogP contribution in [0.15, 0.2) is 60.9 Å². The van der Waals surface area contributed by atoms with E-state index in [4.69, 9.17) is 0 Å². The van der Waals surface area contributed by atoms with Crippen LogP contribution in [0.2, 0.25) is 0 Å². The molecule has 0 spiro atoms. The first-order valence-electron chi connectivity index (χ1n) is 10.1. The number of rotatable bonds is 6. The van der Waals surface area contributed by atoms with Crippen molar-refractivity contribution in [3.8, 4) is 0 Å². The Bertz CT molecular complexity index is 946. The van der Waals surface area contributed by atoms with Gasteiger partial charge in [-0.15, -0.1) is 0 Å². The highest BCUT2D eigenvalue weighted by atomic mass is 16.1. The van der Waals surface area contributed by atoms with E-state index in [1.807, 2.05) is 36.4 Å². The summed E-state index contributed by atoms with van der Waals surface area (Å²) in [7, 11) is 0. The highest BCUT2D eigenvalue weighted by molar-refractivity contribution is 6.02. The summed E-state index contributed by atoms with van der Waals surface area (Å²) in [6.07, 6.45) is 6.54. The lowest BCUT2D eigenvalue weighted by Crippen LogP contribution is -2.18. The van der Waals surface area contributed by atoms with Gasteiger partial charge in [0.15, 0.2) is 0 Å². The number of amides is 1. The SMILES string of the molecule is CCc1ccc(Nc2cnc(C(=O)Nc3ccc(N4CCCC4)cc3)cn2)cc1. The summed E-state index contributed by atoms with van der Waals surface area (Å²) < 4.78 is 0. The number of hydrogen-bond acceptors (Lipinski definition) is 5. The Labute approximate surface area is 171 Å². The average molecular weight is 387 g/mol. The molecular weight excluding hydrogens is 362 g/mol. The van der Waals surface area contributed by atoms with E-state index in [0.29, 0.717) is 5.82 Å². The van der Waals surface area contributed by atoms with Gasteiger partial charge in [-0.3, -0.25) is 4.79 Å². The van der Waals surface area contributed by atoms with E-state index in [1.165, 1.54) is 30.3 Å². The van der Waals surface area contributed by atoms with Gasteiger partial charge in [0.25, 0.3) is 5.91 Å². The van der Waals surface area contributed by atoms with E-state index in [2.05, 4.69) is 44.6 Å². The molecule has 6 nitrogen and oxygen atoms in total. The molecule has 1 fully saturated rings. The molecule has 0 bridgehead atoms. The summed E-state index contributed by atoms with van der Waals surface area (Å²) in [5, 5.41) is 6.07. The van der Waals surface area contributed by atoms with Gasteiger partial charge in [-0.25, -0.2) is 9.97 Å². The van der Waals surface area contributed by atoms with Crippen molar-refractivity contribution in [2.24, 2.45) is 0 Å². The number of carbonyl (C=O) groups is 1. The molecule has 0 radical (unpaired) electrons. The van der Waals surface area contributed by atoms with E-state index in [9.17, 15) is 4.79 Å². The Kier molecular flexibility index (Phi) is 5.70. The molecule has 148 valence electrons. The van der Waals surface area contributed by atoms with Crippen LogP contribution in [-0.2, 0) is 6.42 Å². The van der Waals surface area contributed by atoms with Crippen LogP contribution < -0.4 is 15.5 Å². The maximum atomic E-state index is 12.5. The molecule has 1 amide bonds. The molecule has 29 heavy (non-hydrogen) atoms. The molecule has 1 aromatic heterocycles. The van der Waals surface area contributed by atoms with Crippen molar-refractivity contribution in [3.05, 3.63) is 72.2 Å². The number of aromatic nitrogens is 2. The van der Waals surface area contributed by atoms with Gasteiger partial charge in [-0.1, -0.05) is 19.1 Å². The van der Waals surface area contributed by atoms with E-state index in [-0.39, 0.29) is 11.6 Å². The molecule has 1 saturated heterocycles. The molecule has 2 heterocycles. The summed E-state index contributed by atoms with van der Waals surface area (Å²) in [6.45, 7) is 4.33. The number of carbonyl (C=O) groups excluding carboxylic acids is 1. The van der Waals surface area contributed by atoms with Gasteiger partial charge in [-0.2, -0.15) is 0 Å². The van der Waals surface area contributed by atoms with Gasteiger partial charge in [0.2, 0.25) is 0 Å². The third-order valence-corrected chi connectivity index (χ3v) is 5.12. The molecule has 3 aromatic rings. The summed E-state index contributed by atoms with van der Waals surface area (Å²) in [4.78, 5) is 23.4. The van der Waals surface area contributed by atoms with E-state index in [1.54, 1.807) is 6.20 Å². The highest BCUT2D eigenvalue weighted by Crippen LogP contribution is 2.22. The fourth-order valence-corrected chi connectivity index (χ4v) is 3.41. The third kappa shape index (κ3) is 4.71. The van der Waals surface area contributed by atoms with Crippen LogP contribution in [0.5, 0.6) is 0 Å². The number of anilines is 4. The summed E-state index contributed by atoms with van der Waals surface area (Å²) in [5.41, 5.74) is 4.44. The zero-order valence-corrected chi connectivity index (χ0v) is 16.6. The van der Waals surface area contributed by atoms with Gasteiger partial charge in [0.05, 0.1) is 12.4 Å². The molecule has 0 atom stereocenters. The first kappa shape index (κ1) is 18.9. The topological polar surface area (TPSA) is 70.2 Å². The van der Waals surface area contributed by atoms with Crippen LogP contribution in [0.1, 0.15) is 35.8 Å². The smallest absolute Gasteiger partial charge is 0.275 e. The van der Waals surface area contributed by atoms with Gasteiger partial charge in [0, 0.05) is 30.2 Å². The van der Waals surface area contributed by atoms with Crippen LogP contribution in [0.4, 0.5) is 22.9 Å². The second kappa shape index (κ2) is 8.73. The second-order valence-corrected chi connectivity index (χ2v) is 7.16. The maximum absolute atomic E-state index is 12.5. The molecule has 1 aliphatic rings. The third-order valence-electron chi connectivity index (χ3n) is 5.12. The highest BCUT2D eigenvalue weighted by Gasteiger charge is 2.13. The monoisotopic (exact) mass is 387 g/mol. The van der Waals surface area contributed by atoms with Crippen molar-refractivity contribution in [1.82, 2.24) is 9.97 Å². The first-order valence-corrected chi connectivity index (χ1v) is 10.1. The Morgan fingerprint density at radius 2 is 1.62 bits per heavy atom. The Morgan fingerprint density at radius 3 is 2.24 bits per heavy atom. The lowest BCUT2D eigenvalue weighted by molar-refractivity contribution is 0.102. The maximum Gasteiger partial charge on any atom is 0.275 e. The summed E-state index contributed by atoms with van der Waals surface area (Å²) in [6, 6.07) is 16.1. The summed E-state index contributed by atoms with van der Waals surface area (Å²) >= 11 is 0. The number of aryl methyl sites for hydroxylation is 1. The van der Waals surface area contributed by atoms with Gasteiger partial charge in [-0.05, 0) is 61.2 Å². The second-order valence-electron chi connectivity index (χ2n) is 7.16. The lowest BCUT2D eigenvalue weighted by Gasteiger charge is -2.17. The van der Waals surface area contributed by atoms with E-state index >= 15 is 0 Å². The molecule has 0 aliphatic carbocycles. The number of benzene rings is 2. The Morgan fingerprint density at radius 1 is 0.931 bits per heavy atom. The molecule has 2 aromatic carbocycles. The molecule has 0 saturated carbocycles. The van der Waals surface area contributed by atoms with Crippen molar-refractivity contribution in [2.75, 3.05) is 28.6 Å². The van der Waals surface area contributed by atoms with Gasteiger partial charge >= 0.3 is 0 Å². The fraction of sp³-hybridized carbons (Fsp3) is 0.261. The van der Waals surface area contributed by atoms with Crippen molar-refractivity contribution in [3.63, 3.8) is 0 Å².